The van der Waals surface area contributed by atoms with Crippen LogP contribution in [0.25, 0.3) is 0 Å². The van der Waals surface area contributed by atoms with Gasteiger partial charge in [0, 0.05) is 26.9 Å². The molecular weight excluding hydrogens is 372 g/mol. The molecule has 1 heterocycles. The number of rotatable bonds is 3. The molecule has 3 nitrogen and oxygen atoms in total. The first-order valence-electron chi connectivity index (χ1n) is 5.41. The summed E-state index contributed by atoms with van der Waals surface area (Å²) in [6.45, 7) is 0. The van der Waals surface area contributed by atoms with Gasteiger partial charge in [-0.05, 0) is 29.8 Å². The molecule has 0 aliphatic carbocycles. The Bertz CT molecular complexity index is 630. The van der Waals surface area contributed by atoms with Crippen LogP contribution in [-0.2, 0) is 0 Å². The maximum absolute atomic E-state index is 12.4. The highest BCUT2D eigenvalue weighted by Crippen LogP contribution is 2.25. The fourth-order valence-corrected chi connectivity index (χ4v) is 2.99. The fraction of sp³-hybridized carbons (Fsp3) is 0.0714. The van der Waals surface area contributed by atoms with Crippen LogP contribution in [0.5, 0.6) is 0 Å². The molecule has 94 valence electrons. The summed E-state index contributed by atoms with van der Waals surface area (Å²) in [5.74, 6) is -1.08. The van der Waals surface area contributed by atoms with Crippen molar-refractivity contribution in [1.29, 1.82) is 5.26 Å². The number of hydrogen-bond acceptors (Lipinski definition) is 3. The Morgan fingerprint density at radius 1 is 1.26 bits per heavy atom. The summed E-state index contributed by atoms with van der Waals surface area (Å²) in [5, 5.41) is 9.23. The van der Waals surface area contributed by atoms with Gasteiger partial charge in [0.25, 0.3) is 0 Å². The lowest BCUT2D eigenvalue weighted by atomic mass is 9.93. The highest BCUT2D eigenvalue weighted by atomic mass is 79.9. The number of hydrogen-bond donors (Lipinski definition) is 0. The zero-order chi connectivity index (χ0) is 13.8. The van der Waals surface area contributed by atoms with E-state index in [4.69, 9.17) is 0 Å². The van der Waals surface area contributed by atoms with Gasteiger partial charge in [-0.3, -0.25) is 9.78 Å². The van der Waals surface area contributed by atoms with Gasteiger partial charge in [0.15, 0.2) is 5.78 Å². The van der Waals surface area contributed by atoms with Gasteiger partial charge in [-0.25, -0.2) is 0 Å². The zero-order valence-corrected chi connectivity index (χ0v) is 12.8. The van der Waals surface area contributed by atoms with Crippen LogP contribution < -0.4 is 0 Å². The number of carbonyl (C=O) groups is 1. The van der Waals surface area contributed by atoms with E-state index in [2.05, 4.69) is 36.8 Å². The Hall–Kier alpha value is -1.51. The van der Waals surface area contributed by atoms with E-state index in [1.54, 1.807) is 36.7 Å². The van der Waals surface area contributed by atoms with E-state index >= 15 is 0 Å². The molecule has 1 atom stereocenters. The van der Waals surface area contributed by atoms with Crippen molar-refractivity contribution in [2.45, 2.75) is 5.92 Å². The van der Waals surface area contributed by atoms with Crippen molar-refractivity contribution in [2.75, 3.05) is 0 Å². The third-order valence-corrected chi connectivity index (χ3v) is 3.47. The van der Waals surface area contributed by atoms with Crippen LogP contribution in [0.4, 0.5) is 0 Å². The number of nitrogens with zero attached hydrogens (tertiary/aromatic N) is 2. The van der Waals surface area contributed by atoms with Gasteiger partial charge in [0.2, 0.25) is 0 Å². The zero-order valence-electron chi connectivity index (χ0n) is 9.68. The number of nitriles is 1. The molecule has 1 aromatic carbocycles. The molecule has 1 aromatic heterocycles. The highest BCUT2D eigenvalue weighted by Gasteiger charge is 2.22. The Morgan fingerprint density at radius 3 is 2.47 bits per heavy atom. The molecule has 0 fully saturated rings. The number of halogens is 2. The summed E-state index contributed by atoms with van der Waals surface area (Å²) in [7, 11) is 0. The molecule has 0 spiro atoms. The largest absolute Gasteiger partial charge is 0.292 e. The minimum absolute atomic E-state index is 0.238. The second kappa shape index (κ2) is 6.09. The molecule has 2 aromatic rings. The van der Waals surface area contributed by atoms with Crippen LogP contribution in [0, 0.1) is 11.3 Å². The summed E-state index contributed by atoms with van der Waals surface area (Å²) >= 11 is 6.66. The molecule has 0 bridgehead atoms. The predicted molar refractivity (Wildman–Crippen MR) is 78.8 cm³/mol. The Balaban J connectivity index is 2.40. The molecular formula is C14H8Br2N2O. The number of benzene rings is 1. The molecule has 5 heteroatoms. The number of aromatic nitrogens is 1. The van der Waals surface area contributed by atoms with Gasteiger partial charge in [0.05, 0.1) is 6.07 Å². The molecule has 0 N–H and O–H groups in total. The number of carbonyl (C=O) groups excluding carboxylic acids is 1. The average molecular weight is 380 g/mol. The van der Waals surface area contributed by atoms with Crippen LogP contribution in [-0.4, -0.2) is 10.8 Å². The molecule has 2 rings (SSSR count). The van der Waals surface area contributed by atoms with E-state index in [1.807, 2.05) is 12.1 Å². The van der Waals surface area contributed by atoms with Crippen LogP contribution >= 0.6 is 31.9 Å². The summed E-state index contributed by atoms with van der Waals surface area (Å²) in [6.07, 6.45) is 3.15. The third-order valence-electron chi connectivity index (χ3n) is 2.56. The van der Waals surface area contributed by atoms with Crippen molar-refractivity contribution in [2.24, 2.45) is 0 Å². The number of pyridine rings is 1. The standard InChI is InChI=1S/C14H8Br2N2O/c15-11-4-10(5-12(16)6-11)14(19)13(7-17)9-2-1-3-18-8-9/h1-6,8,13H. The summed E-state index contributed by atoms with van der Waals surface area (Å²) in [6, 6.07) is 10.7. The second-order valence-corrected chi connectivity index (χ2v) is 5.70. The first kappa shape index (κ1) is 13.9. The van der Waals surface area contributed by atoms with E-state index in [9.17, 15) is 10.1 Å². The van der Waals surface area contributed by atoms with E-state index < -0.39 is 5.92 Å². The molecule has 19 heavy (non-hydrogen) atoms. The summed E-state index contributed by atoms with van der Waals surface area (Å²) < 4.78 is 1.57. The van der Waals surface area contributed by atoms with E-state index in [0.717, 1.165) is 8.95 Å². The van der Waals surface area contributed by atoms with Crippen molar-refractivity contribution in [1.82, 2.24) is 4.98 Å². The van der Waals surface area contributed by atoms with Gasteiger partial charge >= 0.3 is 0 Å². The fourth-order valence-electron chi connectivity index (χ4n) is 1.69. The summed E-state index contributed by atoms with van der Waals surface area (Å²) in [4.78, 5) is 16.3. The van der Waals surface area contributed by atoms with E-state index in [0.29, 0.717) is 11.1 Å². The lowest BCUT2D eigenvalue weighted by Gasteiger charge is -2.09. The second-order valence-electron chi connectivity index (χ2n) is 3.87. The minimum Gasteiger partial charge on any atom is -0.292 e. The van der Waals surface area contributed by atoms with Crippen LogP contribution in [0.1, 0.15) is 21.8 Å². The monoisotopic (exact) mass is 378 g/mol. The van der Waals surface area contributed by atoms with Gasteiger partial charge in [0.1, 0.15) is 5.92 Å². The maximum atomic E-state index is 12.4. The van der Waals surface area contributed by atoms with Crippen molar-refractivity contribution < 1.29 is 4.79 Å². The molecule has 0 saturated carbocycles. The van der Waals surface area contributed by atoms with Crippen molar-refractivity contribution in [3.8, 4) is 6.07 Å². The van der Waals surface area contributed by atoms with Crippen LogP contribution in [0.15, 0.2) is 51.7 Å². The smallest absolute Gasteiger partial charge is 0.184 e. The molecule has 0 radical (unpaired) electrons. The van der Waals surface area contributed by atoms with Crippen molar-refractivity contribution in [3.63, 3.8) is 0 Å². The normalized spacial score (nSPS) is 11.6. The maximum Gasteiger partial charge on any atom is 0.184 e. The third kappa shape index (κ3) is 3.28. The molecule has 1 unspecified atom stereocenters. The van der Waals surface area contributed by atoms with Gasteiger partial charge in [-0.1, -0.05) is 37.9 Å². The first-order chi connectivity index (χ1) is 9.11. The van der Waals surface area contributed by atoms with Crippen molar-refractivity contribution in [3.05, 3.63) is 62.8 Å². The van der Waals surface area contributed by atoms with Crippen LogP contribution in [0.2, 0.25) is 0 Å². The SMILES string of the molecule is N#CC(C(=O)c1cc(Br)cc(Br)c1)c1cccnc1. The topological polar surface area (TPSA) is 53.8 Å². The summed E-state index contributed by atoms with van der Waals surface area (Å²) in [5.41, 5.74) is 1.09. The molecule has 0 amide bonds. The van der Waals surface area contributed by atoms with E-state index in [-0.39, 0.29) is 5.78 Å². The highest BCUT2D eigenvalue weighted by molar-refractivity contribution is 9.11. The number of ketones is 1. The lowest BCUT2D eigenvalue weighted by molar-refractivity contribution is 0.0978. The lowest BCUT2D eigenvalue weighted by Crippen LogP contribution is -2.11. The van der Waals surface area contributed by atoms with E-state index in [1.165, 1.54) is 0 Å². The first-order valence-corrected chi connectivity index (χ1v) is 7.00. The molecule has 0 aliphatic rings. The van der Waals surface area contributed by atoms with Gasteiger partial charge in [-0.15, -0.1) is 0 Å². The molecule has 0 aliphatic heterocycles. The number of Topliss-reactive ketones (excluding diaryl/α,β-unsaturated/α-hetero) is 1. The predicted octanol–water partition coefficient (Wildman–Crippen LogP) is 4.10. The van der Waals surface area contributed by atoms with Crippen LogP contribution in [0.3, 0.4) is 0 Å². The van der Waals surface area contributed by atoms with Gasteiger partial charge < -0.3 is 0 Å². The molecule has 0 saturated heterocycles. The quantitative estimate of drug-likeness (QED) is 0.754. The Kier molecular flexibility index (Phi) is 4.46. The Labute approximate surface area is 127 Å². The Morgan fingerprint density at radius 2 is 1.95 bits per heavy atom. The average Bonchev–Trinajstić information content (AvgIpc) is 2.39. The van der Waals surface area contributed by atoms with Gasteiger partial charge in [-0.2, -0.15) is 5.26 Å². The minimum atomic E-state index is -0.838. The van der Waals surface area contributed by atoms with Crippen molar-refractivity contribution >= 4 is 37.6 Å².